The smallest absolute Gasteiger partial charge is 0.224 e. The van der Waals surface area contributed by atoms with Crippen LogP contribution in [0, 0.1) is 11.8 Å². The second kappa shape index (κ2) is 8.14. The van der Waals surface area contributed by atoms with E-state index in [4.69, 9.17) is 14.2 Å². The first-order valence-electron chi connectivity index (χ1n) is 9.02. The lowest BCUT2D eigenvalue weighted by Crippen LogP contribution is -2.49. The molecule has 3 rings (SSSR count). The third kappa shape index (κ3) is 3.88. The van der Waals surface area contributed by atoms with Crippen LogP contribution in [0.15, 0.2) is 12.1 Å². The summed E-state index contributed by atoms with van der Waals surface area (Å²) in [6.07, 6.45) is 1.26. The van der Waals surface area contributed by atoms with Crippen LogP contribution in [0.2, 0.25) is 0 Å². The quantitative estimate of drug-likeness (QED) is 0.690. The number of aliphatic hydroxyl groups excluding tert-OH is 1. The Morgan fingerprint density at radius 2 is 1.73 bits per heavy atom. The van der Waals surface area contributed by atoms with Crippen molar-refractivity contribution in [2.24, 2.45) is 11.8 Å². The van der Waals surface area contributed by atoms with Crippen LogP contribution in [0.25, 0.3) is 0 Å². The van der Waals surface area contributed by atoms with E-state index in [2.05, 4.69) is 10.6 Å². The monoisotopic (exact) mass is 364 g/mol. The molecule has 0 unspecified atom stereocenters. The summed E-state index contributed by atoms with van der Waals surface area (Å²) in [6.45, 7) is 1.93. The van der Waals surface area contributed by atoms with Gasteiger partial charge in [-0.3, -0.25) is 4.79 Å². The van der Waals surface area contributed by atoms with Crippen LogP contribution < -0.4 is 24.8 Å². The highest BCUT2D eigenvalue weighted by atomic mass is 16.5. The van der Waals surface area contributed by atoms with Crippen molar-refractivity contribution in [3.05, 3.63) is 17.7 Å². The van der Waals surface area contributed by atoms with Gasteiger partial charge in [-0.05, 0) is 55.5 Å². The molecule has 1 aliphatic carbocycles. The van der Waals surface area contributed by atoms with E-state index in [9.17, 15) is 9.90 Å². The van der Waals surface area contributed by atoms with E-state index in [-0.39, 0.29) is 18.4 Å². The highest BCUT2D eigenvalue weighted by molar-refractivity contribution is 5.79. The first-order valence-corrected chi connectivity index (χ1v) is 9.02. The molecule has 1 aromatic rings. The normalized spacial score (nSPS) is 27.5. The molecule has 7 nitrogen and oxygen atoms in total. The van der Waals surface area contributed by atoms with Crippen LogP contribution in [-0.4, -0.2) is 57.6 Å². The molecule has 1 amide bonds. The van der Waals surface area contributed by atoms with E-state index in [0.29, 0.717) is 29.1 Å². The van der Waals surface area contributed by atoms with Gasteiger partial charge in [-0.15, -0.1) is 0 Å². The molecule has 1 heterocycles. The fraction of sp³-hybridized carbons (Fsp3) is 0.632. The van der Waals surface area contributed by atoms with Crippen molar-refractivity contribution in [1.82, 2.24) is 10.6 Å². The maximum Gasteiger partial charge on any atom is 0.224 e. The number of rotatable bonds is 6. The molecule has 26 heavy (non-hydrogen) atoms. The van der Waals surface area contributed by atoms with Gasteiger partial charge in [0.1, 0.15) is 0 Å². The Morgan fingerprint density at radius 1 is 1.12 bits per heavy atom. The lowest BCUT2D eigenvalue weighted by molar-refractivity contribution is -0.122. The first kappa shape index (κ1) is 18.8. The summed E-state index contributed by atoms with van der Waals surface area (Å²) in [7, 11) is 4.64. The zero-order valence-corrected chi connectivity index (χ0v) is 15.6. The van der Waals surface area contributed by atoms with Crippen LogP contribution in [0.5, 0.6) is 17.2 Å². The fourth-order valence-electron chi connectivity index (χ4n) is 4.13. The summed E-state index contributed by atoms with van der Waals surface area (Å²) in [5, 5.41) is 16.7. The minimum atomic E-state index is -0.486. The maximum absolute atomic E-state index is 12.5. The summed E-state index contributed by atoms with van der Waals surface area (Å²) in [4.78, 5) is 12.5. The van der Waals surface area contributed by atoms with Gasteiger partial charge < -0.3 is 30.0 Å². The second-order valence-corrected chi connectivity index (χ2v) is 7.10. The molecule has 1 saturated carbocycles. The molecule has 2 aliphatic rings. The largest absolute Gasteiger partial charge is 0.493 e. The van der Waals surface area contributed by atoms with Crippen molar-refractivity contribution < 1.29 is 24.1 Å². The molecule has 1 aliphatic heterocycles. The van der Waals surface area contributed by atoms with E-state index in [1.807, 2.05) is 0 Å². The Hall–Kier alpha value is -1.99. The van der Waals surface area contributed by atoms with Gasteiger partial charge >= 0.3 is 0 Å². The third-order valence-corrected chi connectivity index (χ3v) is 5.48. The Morgan fingerprint density at radius 3 is 2.31 bits per heavy atom. The van der Waals surface area contributed by atoms with Crippen molar-refractivity contribution in [3.63, 3.8) is 0 Å². The molecule has 1 saturated heterocycles. The first-order chi connectivity index (χ1) is 12.5. The van der Waals surface area contributed by atoms with E-state index in [1.54, 1.807) is 33.5 Å². The number of fused-ring (bicyclic) bond motifs is 1. The minimum absolute atomic E-state index is 0.118. The standard InChI is InChI=1S/C19H28N2O5/c1-24-16-4-11(5-17(25-2)19(16)26-3)6-18(23)21-14-7-12-9-20-10-13(12)8-15(14)22/h4-5,12-15,20,22H,6-10H2,1-3H3,(H,21,23)/t12-,13+,14-,15-/m0/s1. The van der Waals surface area contributed by atoms with Crippen molar-refractivity contribution in [2.45, 2.75) is 31.4 Å². The number of aliphatic hydroxyl groups is 1. The van der Waals surface area contributed by atoms with E-state index >= 15 is 0 Å². The van der Waals surface area contributed by atoms with Gasteiger partial charge in [0.15, 0.2) is 11.5 Å². The van der Waals surface area contributed by atoms with Gasteiger partial charge in [-0.25, -0.2) is 0 Å². The second-order valence-electron chi connectivity index (χ2n) is 7.10. The number of hydrogen-bond donors (Lipinski definition) is 3. The molecule has 7 heteroatoms. The molecular formula is C19H28N2O5. The minimum Gasteiger partial charge on any atom is -0.493 e. The highest BCUT2D eigenvalue weighted by Crippen LogP contribution is 2.38. The number of nitrogens with one attached hydrogen (secondary N) is 2. The molecule has 1 aromatic carbocycles. The predicted molar refractivity (Wildman–Crippen MR) is 96.8 cm³/mol. The summed E-state index contributed by atoms with van der Waals surface area (Å²) in [6, 6.07) is 3.36. The average Bonchev–Trinajstić information content (AvgIpc) is 3.08. The van der Waals surface area contributed by atoms with Crippen LogP contribution in [0.4, 0.5) is 0 Å². The predicted octanol–water partition coefficient (Wildman–Crippen LogP) is 0.730. The van der Waals surface area contributed by atoms with E-state index < -0.39 is 6.10 Å². The van der Waals surface area contributed by atoms with Gasteiger partial charge in [0.05, 0.1) is 39.9 Å². The topological polar surface area (TPSA) is 89.1 Å². The van der Waals surface area contributed by atoms with Gasteiger partial charge in [0.2, 0.25) is 11.7 Å². The number of carbonyl (C=O) groups is 1. The summed E-state index contributed by atoms with van der Waals surface area (Å²) in [5.74, 6) is 2.48. The third-order valence-electron chi connectivity index (χ3n) is 5.48. The van der Waals surface area contributed by atoms with Crippen molar-refractivity contribution >= 4 is 5.91 Å². The maximum atomic E-state index is 12.5. The zero-order chi connectivity index (χ0) is 18.7. The summed E-state index contributed by atoms with van der Waals surface area (Å²) in [5.41, 5.74) is 0.766. The fourth-order valence-corrected chi connectivity index (χ4v) is 4.13. The zero-order valence-electron chi connectivity index (χ0n) is 15.6. The van der Waals surface area contributed by atoms with Gasteiger partial charge in [0.25, 0.3) is 0 Å². The number of hydrogen-bond acceptors (Lipinski definition) is 6. The Labute approximate surface area is 154 Å². The Kier molecular flexibility index (Phi) is 5.88. The number of ether oxygens (including phenoxy) is 3. The Balaban J connectivity index is 1.66. The highest BCUT2D eigenvalue weighted by Gasteiger charge is 2.39. The summed E-state index contributed by atoms with van der Waals surface area (Å²) < 4.78 is 16.0. The van der Waals surface area contributed by atoms with Gasteiger partial charge in [-0.2, -0.15) is 0 Å². The number of methoxy groups -OCH3 is 3. The molecule has 3 N–H and O–H groups in total. The lowest BCUT2D eigenvalue weighted by Gasteiger charge is -2.35. The molecular weight excluding hydrogens is 336 g/mol. The molecule has 4 atom stereocenters. The SMILES string of the molecule is COc1cc(CC(=O)N[C@H]2C[C@H]3CNC[C@H]3C[C@@H]2O)cc(OC)c1OC. The molecule has 0 aromatic heterocycles. The van der Waals surface area contributed by atoms with E-state index in [0.717, 1.165) is 31.5 Å². The molecule has 0 radical (unpaired) electrons. The molecule has 0 bridgehead atoms. The molecule has 2 fully saturated rings. The average molecular weight is 364 g/mol. The van der Waals surface area contributed by atoms with Crippen molar-refractivity contribution in [1.29, 1.82) is 0 Å². The lowest BCUT2D eigenvalue weighted by atomic mass is 9.77. The number of carbonyl (C=O) groups excluding carboxylic acids is 1. The Bertz CT molecular complexity index is 626. The molecule has 0 spiro atoms. The van der Waals surface area contributed by atoms with E-state index in [1.165, 1.54) is 0 Å². The van der Waals surface area contributed by atoms with Crippen LogP contribution >= 0.6 is 0 Å². The van der Waals surface area contributed by atoms with Crippen LogP contribution in [0.1, 0.15) is 18.4 Å². The summed E-state index contributed by atoms with van der Waals surface area (Å²) >= 11 is 0. The van der Waals surface area contributed by atoms with Crippen LogP contribution in [-0.2, 0) is 11.2 Å². The molecule has 144 valence electrons. The van der Waals surface area contributed by atoms with Crippen molar-refractivity contribution in [2.75, 3.05) is 34.4 Å². The number of amides is 1. The van der Waals surface area contributed by atoms with Crippen molar-refractivity contribution in [3.8, 4) is 17.2 Å². The van der Waals surface area contributed by atoms with Gasteiger partial charge in [-0.1, -0.05) is 0 Å². The van der Waals surface area contributed by atoms with Crippen LogP contribution in [0.3, 0.4) is 0 Å². The van der Waals surface area contributed by atoms with Gasteiger partial charge in [0, 0.05) is 0 Å². The number of benzene rings is 1.